The summed E-state index contributed by atoms with van der Waals surface area (Å²) < 4.78 is 12.0. The van der Waals surface area contributed by atoms with Gasteiger partial charge in [-0.25, -0.2) is 48.6 Å². The molecule has 0 aliphatic carbocycles. The molecule has 0 aliphatic heterocycles. The summed E-state index contributed by atoms with van der Waals surface area (Å²) in [6.07, 6.45) is 19.6. The van der Waals surface area contributed by atoms with Gasteiger partial charge in [0, 0.05) is 176 Å². The number of aromatic nitrogens is 27. The van der Waals surface area contributed by atoms with Crippen molar-refractivity contribution in [3.63, 3.8) is 0 Å². The molecule has 30 aromatic rings. The molecule has 27 heteroatoms. The summed E-state index contributed by atoms with van der Waals surface area (Å²) in [6, 6.07) is 106. The highest BCUT2D eigenvalue weighted by Crippen LogP contribution is 2.41. The van der Waals surface area contributed by atoms with Gasteiger partial charge >= 0.3 is 0 Å². The van der Waals surface area contributed by atoms with E-state index < -0.39 is 0 Å². The summed E-state index contributed by atoms with van der Waals surface area (Å²) in [4.78, 5) is 103. The van der Waals surface area contributed by atoms with Crippen LogP contribution in [-0.4, -0.2) is 132 Å². The molecule has 0 saturated carbocycles. The van der Waals surface area contributed by atoms with Gasteiger partial charge in [-0.05, 0) is 146 Å². The Balaban J connectivity index is 0.000000102. The number of fused-ring (bicyclic) bond motifs is 27. The van der Waals surface area contributed by atoms with Gasteiger partial charge in [0.1, 0.15) is 39.6 Å². The van der Waals surface area contributed by atoms with Crippen LogP contribution in [0.5, 0.6) is 0 Å². The fourth-order valence-corrected chi connectivity index (χ4v) is 19.7. The highest BCUT2D eigenvalue weighted by molar-refractivity contribution is 6.15. The minimum absolute atomic E-state index is 0.400. The van der Waals surface area contributed by atoms with E-state index in [1.807, 2.05) is 184 Å². The van der Waals surface area contributed by atoms with Gasteiger partial charge in [-0.1, -0.05) is 170 Å². The van der Waals surface area contributed by atoms with E-state index in [0.717, 1.165) is 197 Å². The Kier molecular flexibility index (Phi) is 17.2. The summed E-state index contributed by atoms with van der Waals surface area (Å²) >= 11 is 0. The number of pyridine rings is 12. The predicted octanol–water partition coefficient (Wildman–Crippen LogP) is 22.9. The zero-order valence-electron chi connectivity index (χ0n) is 72.4. The summed E-state index contributed by atoms with van der Waals surface area (Å²) in [5.41, 5.74) is 17.4. The van der Waals surface area contributed by atoms with Crippen LogP contribution in [-0.2, 0) is 0 Å². The van der Waals surface area contributed by atoms with E-state index in [-0.39, 0.29) is 0 Å². The van der Waals surface area contributed by atoms with Gasteiger partial charge in [0.25, 0.3) is 0 Å². The summed E-state index contributed by atoms with van der Waals surface area (Å²) in [5.74, 6) is 4.10. The van der Waals surface area contributed by atoms with Crippen LogP contribution in [0.4, 0.5) is 0 Å². The fourth-order valence-electron chi connectivity index (χ4n) is 19.7. The summed E-state index contributed by atoms with van der Waals surface area (Å²) in [5, 5.41) is 18.4. The van der Waals surface area contributed by atoms with E-state index in [1.165, 1.54) is 0 Å². The fraction of sp³-hybridized carbons (Fsp3) is 0. The highest BCUT2D eigenvalue weighted by atomic mass is 15.3. The van der Waals surface area contributed by atoms with Crippen LogP contribution in [0.1, 0.15) is 0 Å². The molecule has 0 saturated heterocycles. The van der Waals surface area contributed by atoms with Crippen molar-refractivity contribution < 1.29 is 0 Å². The van der Waals surface area contributed by atoms with Crippen molar-refractivity contribution in [2.45, 2.75) is 0 Å². The van der Waals surface area contributed by atoms with Gasteiger partial charge < -0.3 is 0 Å². The van der Waals surface area contributed by atoms with Crippen LogP contribution < -0.4 is 0 Å². The molecule has 138 heavy (non-hydrogen) atoms. The summed E-state index contributed by atoms with van der Waals surface area (Å²) in [7, 11) is 0. The lowest BCUT2D eigenvalue weighted by molar-refractivity contribution is 0.880. The van der Waals surface area contributed by atoms with Crippen molar-refractivity contribution in [2.75, 3.05) is 0 Å². The van der Waals surface area contributed by atoms with Gasteiger partial charge in [-0.2, -0.15) is 44.9 Å². The third kappa shape index (κ3) is 12.1. The Morgan fingerprint density at radius 1 is 0.159 bits per heavy atom. The molecule has 30 rings (SSSR count). The first-order chi connectivity index (χ1) is 68.5. The molecule has 0 fully saturated rings. The zero-order chi connectivity index (χ0) is 90.6. The Bertz CT molecular complexity index is 9600. The van der Waals surface area contributed by atoms with E-state index in [9.17, 15) is 0 Å². The molecule has 0 atom stereocenters. The lowest BCUT2D eigenvalue weighted by atomic mass is 10.1. The van der Waals surface area contributed by atoms with Crippen molar-refractivity contribution >= 4 is 197 Å². The number of rotatable bonds is 9. The second-order valence-corrected chi connectivity index (χ2v) is 33.4. The van der Waals surface area contributed by atoms with Crippen LogP contribution in [0.25, 0.3) is 267 Å². The van der Waals surface area contributed by atoms with E-state index in [4.69, 9.17) is 89.7 Å². The van der Waals surface area contributed by atoms with Crippen LogP contribution >= 0.6 is 0 Å². The molecule has 9 aromatic carbocycles. The predicted molar refractivity (Wildman–Crippen MR) is 540 cm³/mol. The monoisotopic (exact) mass is 1770 g/mol. The van der Waals surface area contributed by atoms with Crippen molar-refractivity contribution in [3.8, 4) is 70.0 Å². The van der Waals surface area contributed by atoms with Gasteiger partial charge in [0.05, 0.1) is 66.2 Å². The van der Waals surface area contributed by atoms with Crippen LogP contribution in [0.2, 0.25) is 0 Å². The van der Waals surface area contributed by atoms with E-state index in [2.05, 4.69) is 180 Å². The summed E-state index contributed by atoms with van der Waals surface area (Å²) in [6.45, 7) is 0. The molecule has 642 valence electrons. The lowest BCUT2D eigenvalue weighted by Crippen LogP contribution is -2.11. The average molecular weight is 1770 g/mol. The standard InChI is InChI=1S/3C37H21N9/c1-3-13-29-24(9-1)25-10-2-4-14-30(25)45(29)36-42-33(28-18-17-23-16-15-22-8-5-19-38-31(22)32(23)41-28)43-37(44-36)46-34-26(11-6-20-39-34)27-12-7-21-40-35(27)46;1-3-13-29-23(9-1)24-10-2-4-14-30(24)45(29)36-42-33(26-17-21-39-32-25(26)16-15-22-8-5-18-38-31(22)32)43-37(44-36)46-34-27(11-6-19-40-34)28-12-7-20-41-35(28)46;1-3-13-29-25(9-1)26-10-2-4-14-30(26)45(29)36-42-33(24-20-23-16-15-22-8-5-17-38-31(22)32(23)41-21-24)43-37(44-36)46-34-27(11-6-18-39-34)28-12-7-19-40-35(28)46/h3*1-21H. The first-order valence-corrected chi connectivity index (χ1v) is 44.7. The third-order valence-electron chi connectivity index (χ3n) is 25.7. The molecule has 0 bridgehead atoms. The topological polar surface area (TPSA) is 300 Å². The second kappa shape index (κ2) is 30.9. The minimum Gasteiger partial charge on any atom is -0.278 e. The van der Waals surface area contributed by atoms with Crippen molar-refractivity contribution in [2.24, 2.45) is 0 Å². The molecular weight excluding hydrogens is 1710 g/mol. The smallest absolute Gasteiger partial charge is 0.242 e. The molecule has 0 unspecified atom stereocenters. The van der Waals surface area contributed by atoms with Gasteiger partial charge in [-0.3, -0.25) is 38.6 Å². The first kappa shape index (κ1) is 77.0. The van der Waals surface area contributed by atoms with Crippen LogP contribution in [0.15, 0.2) is 384 Å². The van der Waals surface area contributed by atoms with E-state index in [1.54, 1.807) is 62.0 Å². The minimum atomic E-state index is 0.400. The highest BCUT2D eigenvalue weighted by Gasteiger charge is 2.28. The number of hydrogen-bond donors (Lipinski definition) is 0. The van der Waals surface area contributed by atoms with Gasteiger partial charge in [0.2, 0.25) is 35.7 Å². The van der Waals surface area contributed by atoms with Crippen molar-refractivity contribution in [1.82, 2.24) is 132 Å². The van der Waals surface area contributed by atoms with Crippen molar-refractivity contribution in [1.29, 1.82) is 0 Å². The first-order valence-electron chi connectivity index (χ1n) is 44.7. The number of para-hydroxylation sites is 6. The molecule has 0 aliphatic rings. The molecule has 0 radical (unpaired) electrons. The Morgan fingerprint density at radius 3 is 0.819 bits per heavy atom. The molecule has 27 nitrogen and oxygen atoms in total. The van der Waals surface area contributed by atoms with E-state index >= 15 is 0 Å². The molecule has 0 spiro atoms. The van der Waals surface area contributed by atoms with Gasteiger partial charge in [-0.15, -0.1) is 0 Å². The van der Waals surface area contributed by atoms with Crippen molar-refractivity contribution in [3.05, 3.63) is 384 Å². The zero-order valence-corrected chi connectivity index (χ0v) is 72.4. The Labute approximate surface area is 777 Å². The molecule has 21 aromatic heterocycles. The number of benzene rings is 9. The number of nitrogens with zero attached hydrogens (tertiary/aromatic N) is 27. The largest absolute Gasteiger partial charge is 0.278 e. The Hall–Kier alpha value is -19.8. The normalized spacial score (nSPS) is 11.9. The second-order valence-electron chi connectivity index (χ2n) is 33.4. The maximum absolute atomic E-state index is 5.18. The Morgan fingerprint density at radius 2 is 0.435 bits per heavy atom. The SMILES string of the molecule is c1cnc2c(c1)ccc1c(-c3nc(-n4c5ccccc5c5ccccc54)nc(-n4c5ncccc5c5cccnc54)n3)ccnc12.c1cnc2c(c1)ccc1cc(-c3nc(-n4c5ccccc5c5ccccc54)nc(-n4c5ncccc5c5cccnc54)n3)cnc12.c1cnc2c(c1)ccc1ccc(-c3nc(-n4c5ccccc5c5ccccc54)nc(-n4c5ncccc5c5cccnc54)n3)nc12. The third-order valence-corrected chi connectivity index (χ3v) is 25.7. The molecular formula is C111H63N27. The quantitative estimate of drug-likeness (QED) is 0.121. The average Bonchev–Trinajstić information content (AvgIpc) is 1.63. The maximum atomic E-state index is 5.18. The molecule has 0 amide bonds. The van der Waals surface area contributed by atoms with E-state index in [0.29, 0.717) is 70.2 Å². The number of hydrogen-bond acceptors (Lipinski definition) is 21. The maximum Gasteiger partial charge on any atom is 0.242 e. The van der Waals surface area contributed by atoms with Crippen LogP contribution in [0, 0.1) is 0 Å². The van der Waals surface area contributed by atoms with Gasteiger partial charge in [0.15, 0.2) is 17.5 Å². The molecule has 21 heterocycles. The van der Waals surface area contributed by atoms with Crippen LogP contribution in [0.3, 0.4) is 0 Å². The lowest BCUT2D eigenvalue weighted by Gasteiger charge is -2.13. The molecule has 0 N–H and O–H groups in total.